The second-order valence-corrected chi connectivity index (χ2v) is 6.60. The highest BCUT2D eigenvalue weighted by molar-refractivity contribution is 7.99. The highest BCUT2D eigenvalue weighted by Crippen LogP contribution is 2.28. The molecule has 1 aromatic carbocycles. The van der Waals surface area contributed by atoms with Crippen LogP contribution in [0.15, 0.2) is 34.5 Å². The molecule has 10 heteroatoms. The molecule has 0 fully saturated rings. The number of carbonyl (C=O) groups excluding carboxylic acids is 1. The number of aryl methyl sites for hydroxylation is 1. The number of hydrogen-bond donors (Lipinski definition) is 2. The molecule has 2 heterocycles. The second kappa shape index (κ2) is 7.79. The molecule has 136 valence electrons. The molecule has 0 bridgehead atoms. The molecule has 0 radical (unpaired) electrons. The highest BCUT2D eigenvalue weighted by atomic mass is 35.5. The number of anilines is 1. The molecule has 2 N–H and O–H groups in total. The molecule has 0 atom stereocenters. The Hall–Kier alpha value is -2.52. The standard InChI is InChI=1S/C16H16ClN5O3S/c1-3-22-14-13(15(24)19-8-18-14)21-16(22)26-7-12(23)20-10-6-9(17)4-5-11(10)25-2/h4-6,8H,3,7H2,1-2H3,(H,20,23)(H,18,19,24). The number of amides is 1. The summed E-state index contributed by atoms with van der Waals surface area (Å²) in [5, 5.41) is 3.81. The number of imidazole rings is 1. The highest BCUT2D eigenvalue weighted by Gasteiger charge is 2.16. The van der Waals surface area contributed by atoms with Gasteiger partial charge in [-0.25, -0.2) is 9.97 Å². The predicted molar refractivity (Wildman–Crippen MR) is 101 cm³/mol. The van der Waals surface area contributed by atoms with Crippen molar-refractivity contribution in [2.75, 3.05) is 18.2 Å². The van der Waals surface area contributed by atoms with Crippen LogP contribution in [0.1, 0.15) is 6.92 Å². The van der Waals surface area contributed by atoms with Gasteiger partial charge in [0, 0.05) is 11.6 Å². The third kappa shape index (κ3) is 3.68. The molecule has 0 saturated carbocycles. The normalized spacial score (nSPS) is 10.9. The summed E-state index contributed by atoms with van der Waals surface area (Å²) >= 11 is 7.19. The van der Waals surface area contributed by atoms with Crippen molar-refractivity contribution >= 4 is 46.1 Å². The predicted octanol–water partition coefficient (Wildman–Crippen LogP) is 2.53. The number of fused-ring (bicyclic) bond motifs is 1. The monoisotopic (exact) mass is 393 g/mol. The first-order chi connectivity index (χ1) is 12.5. The number of aromatic nitrogens is 4. The van der Waals surface area contributed by atoms with Crippen molar-refractivity contribution in [1.82, 2.24) is 19.5 Å². The van der Waals surface area contributed by atoms with Gasteiger partial charge in [0.05, 0.1) is 24.9 Å². The molecule has 0 saturated heterocycles. The number of methoxy groups -OCH3 is 1. The Labute approximate surface area is 157 Å². The average molecular weight is 394 g/mol. The van der Waals surface area contributed by atoms with E-state index in [-0.39, 0.29) is 22.7 Å². The minimum Gasteiger partial charge on any atom is -0.495 e. The summed E-state index contributed by atoms with van der Waals surface area (Å²) in [6.07, 6.45) is 1.34. The van der Waals surface area contributed by atoms with Gasteiger partial charge in [-0.3, -0.25) is 9.59 Å². The first kappa shape index (κ1) is 18.3. The van der Waals surface area contributed by atoms with E-state index in [9.17, 15) is 9.59 Å². The van der Waals surface area contributed by atoms with Gasteiger partial charge >= 0.3 is 0 Å². The molecule has 0 aliphatic rings. The van der Waals surface area contributed by atoms with Crippen LogP contribution in [0.25, 0.3) is 11.2 Å². The number of halogens is 1. The van der Waals surface area contributed by atoms with Crippen LogP contribution in [0.2, 0.25) is 5.02 Å². The van der Waals surface area contributed by atoms with Gasteiger partial charge in [0.25, 0.3) is 5.56 Å². The van der Waals surface area contributed by atoms with Crippen LogP contribution >= 0.6 is 23.4 Å². The van der Waals surface area contributed by atoms with E-state index in [0.717, 1.165) is 0 Å². The van der Waals surface area contributed by atoms with Crippen molar-refractivity contribution < 1.29 is 9.53 Å². The molecule has 0 aliphatic carbocycles. The Bertz CT molecular complexity index is 1020. The maximum atomic E-state index is 12.3. The number of nitrogens with zero attached hydrogens (tertiary/aromatic N) is 3. The summed E-state index contributed by atoms with van der Waals surface area (Å²) in [4.78, 5) is 35.1. The number of aromatic amines is 1. The fourth-order valence-electron chi connectivity index (χ4n) is 2.42. The quantitative estimate of drug-likeness (QED) is 0.624. The Balaban J connectivity index is 1.76. The number of carbonyl (C=O) groups is 1. The van der Waals surface area contributed by atoms with Crippen LogP contribution in [-0.2, 0) is 11.3 Å². The summed E-state index contributed by atoms with van der Waals surface area (Å²) in [5.74, 6) is 0.382. The second-order valence-electron chi connectivity index (χ2n) is 5.22. The summed E-state index contributed by atoms with van der Waals surface area (Å²) in [6.45, 7) is 2.50. The first-order valence-electron chi connectivity index (χ1n) is 7.73. The van der Waals surface area contributed by atoms with E-state index in [1.54, 1.807) is 22.8 Å². The fraction of sp³-hybridized carbons (Fsp3) is 0.250. The number of rotatable bonds is 6. The Morgan fingerprint density at radius 2 is 2.27 bits per heavy atom. The number of hydrogen-bond acceptors (Lipinski definition) is 6. The lowest BCUT2D eigenvalue weighted by atomic mass is 10.3. The van der Waals surface area contributed by atoms with Crippen molar-refractivity contribution in [3.8, 4) is 5.75 Å². The van der Waals surface area contributed by atoms with E-state index in [1.807, 2.05) is 6.92 Å². The molecule has 26 heavy (non-hydrogen) atoms. The maximum absolute atomic E-state index is 12.3. The SMILES string of the molecule is CCn1c(SCC(=O)Nc2cc(Cl)ccc2OC)nc2c(=O)[nH]cnc21. The van der Waals surface area contributed by atoms with Gasteiger partial charge in [0.1, 0.15) is 5.75 Å². The van der Waals surface area contributed by atoms with Gasteiger partial charge in [-0.2, -0.15) is 0 Å². The lowest BCUT2D eigenvalue weighted by Crippen LogP contribution is -2.15. The third-order valence-electron chi connectivity index (χ3n) is 3.59. The number of nitrogens with one attached hydrogen (secondary N) is 2. The van der Waals surface area contributed by atoms with E-state index < -0.39 is 0 Å². The summed E-state index contributed by atoms with van der Waals surface area (Å²) in [6, 6.07) is 4.98. The molecular formula is C16H16ClN5O3S. The molecule has 3 aromatic rings. The van der Waals surface area contributed by atoms with Crippen LogP contribution in [-0.4, -0.2) is 38.3 Å². The van der Waals surface area contributed by atoms with Gasteiger partial charge < -0.3 is 19.6 Å². The number of benzene rings is 1. The van der Waals surface area contributed by atoms with E-state index in [4.69, 9.17) is 16.3 Å². The largest absolute Gasteiger partial charge is 0.495 e. The van der Waals surface area contributed by atoms with Gasteiger partial charge in [-0.15, -0.1) is 0 Å². The van der Waals surface area contributed by atoms with E-state index in [2.05, 4.69) is 20.3 Å². The Kier molecular flexibility index (Phi) is 5.48. The molecular weight excluding hydrogens is 378 g/mol. The topological polar surface area (TPSA) is 102 Å². The van der Waals surface area contributed by atoms with Gasteiger partial charge in [-0.1, -0.05) is 23.4 Å². The zero-order valence-corrected chi connectivity index (χ0v) is 15.6. The van der Waals surface area contributed by atoms with Crippen molar-refractivity contribution in [3.05, 3.63) is 39.9 Å². The van der Waals surface area contributed by atoms with Gasteiger partial charge in [0.15, 0.2) is 16.3 Å². The first-order valence-corrected chi connectivity index (χ1v) is 9.10. The summed E-state index contributed by atoms with van der Waals surface area (Å²) < 4.78 is 7.00. The molecule has 0 unspecified atom stereocenters. The fourth-order valence-corrected chi connectivity index (χ4v) is 3.45. The van der Waals surface area contributed by atoms with Crippen LogP contribution in [0.3, 0.4) is 0 Å². The lowest BCUT2D eigenvalue weighted by Gasteiger charge is -2.10. The number of thioether (sulfide) groups is 1. The van der Waals surface area contributed by atoms with Crippen LogP contribution in [0.5, 0.6) is 5.75 Å². The minimum atomic E-state index is -0.308. The summed E-state index contributed by atoms with van der Waals surface area (Å²) in [5.41, 5.74) is 0.939. The van der Waals surface area contributed by atoms with Crippen LogP contribution < -0.4 is 15.6 Å². The van der Waals surface area contributed by atoms with E-state index in [0.29, 0.717) is 33.8 Å². The Morgan fingerprint density at radius 3 is 3.00 bits per heavy atom. The smallest absolute Gasteiger partial charge is 0.278 e. The molecule has 3 rings (SSSR count). The molecule has 8 nitrogen and oxygen atoms in total. The van der Waals surface area contributed by atoms with Crippen molar-refractivity contribution in [3.63, 3.8) is 0 Å². The van der Waals surface area contributed by atoms with Crippen molar-refractivity contribution in [2.24, 2.45) is 0 Å². The van der Waals surface area contributed by atoms with Crippen molar-refractivity contribution in [2.45, 2.75) is 18.6 Å². The van der Waals surface area contributed by atoms with Crippen LogP contribution in [0, 0.1) is 0 Å². The van der Waals surface area contributed by atoms with E-state index >= 15 is 0 Å². The number of H-pyrrole nitrogens is 1. The minimum absolute atomic E-state index is 0.108. The Morgan fingerprint density at radius 1 is 1.46 bits per heavy atom. The number of ether oxygens (including phenoxy) is 1. The molecule has 1 amide bonds. The lowest BCUT2D eigenvalue weighted by molar-refractivity contribution is -0.113. The van der Waals surface area contributed by atoms with Gasteiger partial charge in [0.2, 0.25) is 5.91 Å². The van der Waals surface area contributed by atoms with E-state index in [1.165, 1.54) is 25.2 Å². The van der Waals surface area contributed by atoms with Gasteiger partial charge in [-0.05, 0) is 25.1 Å². The zero-order valence-electron chi connectivity index (χ0n) is 14.1. The molecule has 2 aromatic heterocycles. The zero-order chi connectivity index (χ0) is 18.7. The maximum Gasteiger partial charge on any atom is 0.278 e. The summed E-state index contributed by atoms with van der Waals surface area (Å²) in [7, 11) is 1.52. The average Bonchev–Trinajstić information content (AvgIpc) is 2.99. The molecule has 0 aliphatic heterocycles. The molecule has 0 spiro atoms. The van der Waals surface area contributed by atoms with Crippen LogP contribution in [0.4, 0.5) is 5.69 Å². The van der Waals surface area contributed by atoms with Crippen molar-refractivity contribution in [1.29, 1.82) is 0 Å². The third-order valence-corrected chi connectivity index (χ3v) is 4.80.